The zero-order valence-corrected chi connectivity index (χ0v) is 11.5. The molecule has 1 saturated heterocycles. The summed E-state index contributed by atoms with van der Waals surface area (Å²) in [5.74, 6) is -0.476. The highest BCUT2D eigenvalue weighted by molar-refractivity contribution is 5.83. The summed E-state index contributed by atoms with van der Waals surface area (Å²) in [5.41, 5.74) is 0.682. The van der Waals surface area contributed by atoms with Crippen LogP contribution in [-0.2, 0) is 4.79 Å². The van der Waals surface area contributed by atoms with Crippen LogP contribution in [0.15, 0.2) is 24.3 Å². The molecule has 0 aliphatic carbocycles. The molecule has 6 nitrogen and oxygen atoms in total. The molecule has 1 unspecified atom stereocenters. The Labute approximate surface area is 117 Å². The first-order valence-electron chi connectivity index (χ1n) is 6.83. The van der Waals surface area contributed by atoms with Crippen molar-refractivity contribution in [2.45, 2.75) is 31.7 Å². The van der Waals surface area contributed by atoms with Gasteiger partial charge in [0, 0.05) is 24.7 Å². The molecule has 1 heterocycles. The predicted octanol–water partition coefficient (Wildman–Crippen LogP) is 1.57. The quantitative estimate of drug-likeness (QED) is 0.646. The summed E-state index contributed by atoms with van der Waals surface area (Å²) in [7, 11) is 0. The van der Waals surface area contributed by atoms with Crippen molar-refractivity contribution in [1.82, 2.24) is 10.6 Å². The van der Waals surface area contributed by atoms with Gasteiger partial charge in [-0.25, -0.2) is 0 Å². The topological polar surface area (TPSA) is 84.3 Å². The molecule has 2 N–H and O–H groups in total. The van der Waals surface area contributed by atoms with E-state index >= 15 is 0 Å². The Morgan fingerprint density at radius 3 is 3.00 bits per heavy atom. The molecule has 2 rings (SSSR count). The summed E-state index contributed by atoms with van der Waals surface area (Å²) in [6.45, 7) is 3.55. The third-order valence-electron chi connectivity index (χ3n) is 3.62. The molecular weight excluding hydrogens is 258 g/mol. The van der Waals surface area contributed by atoms with Crippen molar-refractivity contribution in [1.29, 1.82) is 0 Å². The maximum Gasteiger partial charge on any atom is 0.269 e. The summed E-state index contributed by atoms with van der Waals surface area (Å²) in [6, 6.07) is 6.40. The third-order valence-corrected chi connectivity index (χ3v) is 3.62. The maximum atomic E-state index is 12.2. The van der Waals surface area contributed by atoms with E-state index in [1.54, 1.807) is 19.1 Å². The second kappa shape index (κ2) is 6.47. The monoisotopic (exact) mass is 277 g/mol. The van der Waals surface area contributed by atoms with Gasteiger partial charge in [-0.15, -0.1) is 0 Å². The highest BCUT2D eigenvalue weighted by Gasteiger charge is 2.21. The second-order valence-corrected chi connectivity index (χ2v) is 5.13. The van der Waals surface area contributed by atoms with E-state index < -0.39 is 10.8 Å². The first-order chi connectivity index (χ1) is 9.58. The standard InChI is InChI=1S/C14H19N3O3/c1-10(11-4-2-6-13(8-11)17(19)20)14(18)16-12-5-3-7-15-9-12/h2,4,6,8,10,12,15H,3,5,7,9H2,1H3,(H,16,18)/t10?,12-/m0/s1. The van der Waals surface area contributed by atoms with E-state index in [0.717, 1.165) is 25.9 Å². The van der Waals surface area contributed by atoms with Crippen LogP contribution in [-0.4, -0.2) is 30.0 Å². The van der Waals surface area contributed by atoms with Gasteiger partial charge in [0.15, 0.2) is 0 Å². The lowest BCUT2D eigenvalue weighted by Crippen LogP contribution is -2.46. The van der Waals surface area contributed by atoms with Gasteiger partial charge in [-0.05, 0) is 31.9 Å². The molecular formula is C14H19N3O3. The van der Waals surface area contributed by atoms with Crippen molar-refractivity contribution in [2.75, 3.05) is 13.1 Å². The van der Waals surface area contributed by atoms with Crippen molar-refractivity contribution < 1.29 is 9.72 Å². The van der Waals surface area contributed by atoms with E-state index in [1.807, 2.05) is 0 Å². The van der Waals surface area contributed by atoms with Gasteiger partial charge in [-0.1, -0.05) is 12.1 Å². The minimum absolute atomic E-state index is 0.0153. The number of carbonyl (C=O) groups excluding carboxylic acids is 1. The molecule has 0 saturated carbocycles. The summed E-state index contributed by atoms with van der Waals surface area (Å²) in [4.78, 5) is 22.5. The molecule has 20 heavy (non-hydrogen) atoms. The molecule has 1 aromatic rings. The number of non-ortho nitro benzene ring substituents is 1. The zero-order valence-electron chi connectivity index (χ0n) is 11.5. The molecule has 0 aromatic heterocycles. The number of nitro benzene ring substituents is 1. The van der Waals surface area contributed by atoms with Crippen molar-refractivity contribution >= 4 is 11.6 Å². The van der Waals surface area contributed by atoms with E-state index in [1.165, 1.54) is 12.1 Å². The van der Waals surface area contributed by atoms with Crippen LogP contribution in [0.4, 0.5) is 5.69 Å². The van der Waals surface area contributed by atoms with Crippen molar-refractivity contribution in [3.63, 3.8) is 0 Å². The second-order valence-electron chi connectivity index (χ2n) is 5.13. The molecule has 1 aromatic carbocycles. The van der Waals surface area contributed by atoms with Gasteiger partial charge in [0.05, 0.1) is 10.8 Å². The number of amides is 1. The number of piperidine rings is 1. The Morgan fingerprint density at radius 1 is 1.55 bits per heavy atom. The molecule has 108 valence electrons. The summed E-state index contributed by atoms with van der Waals surface area (Å²) >= 11 is 0. The average Bonchev–Trinajstić information content (AvgIpc) is 2.47. The lowest BCUT2D eigenvalue weighted by molar-refractivity contribution is -0.384. The largest absolute Gasteiger partial charge is 0.352 e. The van der Waals surface area contributed by atoms with E-state index in [4.69, 9.17) is 0 Å². The van der Waals surface area contributed by atoms with Crippen LogP contribution in [0.25, 0.3) is 0 Å². The SMILES string of the molecule is CC(C(=O)N[C@H]1CCCNC1)c1cccc([N+](=O)[O-])c1. The van der Waals surface area contributed by atoms with Crippen LogP contribution >= 0.6 is 0 Å². The van der Waals surface area contributed by atoms with Gasteiger partial charge in [0.2, 0.25) is 5.91 Å². The van der Waals surface area contributed by atoms with Gasteiger partial charge in [0.1, 0.15) is 0 Å². The van der Waals surface area contributed by atoms with Crippen molar-refractivity contribution in [3.05, 3.63) is 39.9 Å². The smallest absolute Gasteiger partial charge is 0.269 e. The Hall–Kier alpha value is -1.95. The first-order valence-corrected chi connectivity index (χ1v) is 6.83. The number of nitrogens with zero attached hydrogens (tertiary/aromatic N) is 1. The summed E-state index contributed by atoms with van der Waals surface area (Å²) in [6.07, 6.45) is 2.02. The number of hydrogen-bond acceptors (Lipinski definition) is 4. The highest BCUT2D eigenvalue weighted by Crippen LogP contribution is 2.21. The number of carbonyl (C=O) groups is 1. The van der Waals surface area contributed by atoms with E-state index in [2.05, 4.69) is 10.6 Å². The number of hydrogen-bond donors (Lipinski definition) is 2. The normalized spacial score (nSPS) is 20.1. The molecule has 1 fully saturated rings. The molecule has 0 spiro atoms. The number of rotatable bonds is 4. The Kier molecular flexibility index (Phi) is 4.68. The van der Waals surface area contributed by atoms with Gasteiger partial charge in [0.25, 0.3) is 5.69 Å². The van der Waals surface area contributed by atoms with Crippen LogP contribution in [0.5, 0.6) is 0 Å². The fourth-order valence-corrected chi connectivity index (χ4v) is 2.36. The van der Waals surface area contributed by atoms with Crippen LogP contribution < -0.4 is 10.6 Å². The van der Waals surface area contributed by atoms with Crippen LogP contribution in [0.2, 0.25) is 0 Å². The predicted molar refractivity (Wildman–Crippen MR) is 75.5 cm³/mol. The minimum atomic E-state index is -0.445. The average molecular weight is 277 g/mol. The van der Waals surface area contributed by atoms with Gasteiger partial charge in [-0.3, -0.25) is 14.9 Å². The van der Waals surface area contributed by atoms with E-state index in [0.29, 0.717) is 5.56 Å². The van der Waals surface area contributed by atoms with Gasteiger partial charge >= 0.3 is 0 Å². The van der Waals surface area contributed by atoms with Crippen LogP contribution in [0.1, 0.15) is 31.2 Å². The number of benzene rings is 1. The summed E-state index contributed by atoms with van der Waals surface area (Å²) in [5, 5.41) is 17.0. The fraction of sp³-hybridized carbons (Fsp3) is 0.500. The molecule has 6 heteroatoms. The highest BCUT2D eigenvalue weighted by atomic mass is 16.6. The molecule has 0 radical (unpaired) electrons. The minimum Gasteiger partial charge on any atom is -0.352 e. The van der Waals surface area contributed by atoms with Crippen molar-refractivity contribution in [2.24, 2.45) is 0 Å². The lowest BCUT2D eigenvalue weighted by atomic mass is 9.98. The fourth-order valence-electron chi connectivity index (χ4n) is 2.36. The Bertz CT molecular complexity index is 498. The van der Waals surface area contributed by atoms with Crippen LogP contribution in [0.3, 0.4) is 0 Å². The molecule has 1 amide bonds. The molecule has 1 aliphatic heterocycles. The molecule has 2 atom stereocenters. The number of nitrogens with one attached hydrogen (secondary N) is 2. The maximum absolute atomic E-state index is 12.2. The van der Waals surface area contributed by atoms with Gasteiger partial charge in [-0.2, -0.15) is 0 Å². The third kappa shape index (κ3) is 3.54. The van der Waals surface area contributed by atoms with Gasteiger partial charge < -0.3 is 10.6 Å². The Balaban J connectivity index is 2.02. The van der Waals surface area contributed by atoms with E-state index in [-0.39, 0.29) is 17.6 Å². The van der Waals surface area contributed by atoms with Crippen molar-refractivity contribution in [3.8, 4) is 0 Å². The first kappa shape index (κ1) is 14.5. The Morgan fingerprint density at radius 2 is 2.35 bits per heavy atom. The molecule has 0 bridgehead atoms. The molecule has 1 aliphatic rings. The zero-order chi connectivity index (χ0) is 14.5. The van der Waals surface area contributed by atoms with Crippen LogP contribution in [0, 0.1) is 10.1 Å². The summed E-state index contributed by atoms with van der Waals surface area (Å²) < 4.78 is 0. The van der Waals surface area contributed by atoms with E-state index in [9.17, 15) is 14.9 Å². The lowest BCUT2D eigenvalue weighted by Gasteiger charge is -2.25. The number of nitro groups is 1.